The van der Waals surface area contributed by atoms with Gasteiger partial charge < -0.3 is 20.4 Å². The number of carboxylic acids is 1. The third-order valence-corrected chi connectivity index (χ3v) is 4.30. The molecule has 0 bridgehead atoms. The van der Waals surface area contributed by atoms with Crippen LogP contribution in [0.5, 0.6) is 0 Å². The molecule has 4 N–H and O–H groups in total. The average molecular weight is 370 g/mol. The lowest BCUT2D eigenvalue weighted by molar-refractivity contribution is -0.139. The molecule has 0 spiro atoms. The molecule has 0 aliphatic rings. The Morgan fingerprint density at radius 1 is 1.32 bits per heavy atom. The van der Waals surface area contributed by atoms with Crippen molar-refractivity contribution in [3.05, 3.63) is 42.4 Å². The molecule has 1 unspecified atom stereocenters. The van der Waals surface area contributed by atoms with Gasteiger partial charge in [0, 0.05) is 10.9 Å². The molecule has 118 valence electrons. The maximum atomic E-state index is 11.6. The van der Waals surface area contributed by atoms with E-state index in [2.05, 4.69) is 31.2 Å². The fourth-order valence-electron chi connectivity index (χ4n) is 2.46. The number of fused-ring (bicyclic) bond motifs is 1. The molecular weight excluding hydrogens is 354 g/mol. The number of benzene rings is 1. The molecule has 1 aromatic heterocycles. The Labute approximate surface area is 133 Å². The van der Waals surface area contributed by atoms with Gasteiger partial charge in [0.2, 0.25) is 0 Å². The number of nitrogens with one attached hydrogen (secondary N) is 3. The lowest BCUT2D eigenvalue weighted by Crippen LogP contribution is -2.36. The smallest absolute Gasteiger partial charge is 0.321 e. The molecule has 2 rings (SSSR count). The zero-order chi connectivity index (χ0) is 16.4. The van der Waals surface area contributed by atoms with E-state index in [4.69, 9.17) is 0 Å². The van der Waals surface area contributed by atoms with Crippen LogP contribution < -0.4 is 16.4 Å². The van der Waals surface area contributed by atoms with Crippen LogP contribution in [0.3, 0.4) is 0 Å². The number of likely N-dealkylation sites (N-methyl/N-ethyl adjacent to an activating group) is 1. The van der Waals surface area contributed by atoms with Gasteiger partial charge in [-0.2, -0.15) is 0 Å². The number of carboxylic acid groups (broad SMARTS) is 1. The Kier molecular flexibility index (Phi) is 4.82. The van der Waals surface area contributed by atoms with E-state index in [1.807, 2.05) is 6.92 Å². The van der Waals surface area contributed by atoms with Crippen molar-refractivity contribution in [2.24, 2.45) is 0 Å². The highest BCUT2D eigenvalue weighted by Gasteiger charge is 2.21. The topological polar surface area (TPSA) is 115 Å². The third kappa shape index (κ3) is 2.97. The zero-order valence-electron chi connectivity index (χ0n) is 12.1. The first-order chi connectivity index (χ1) is 10.4. The maximum Gasteiger partial charge on any atom is 0.321 e. The van der Waals surface area contributed by atoms with Crippen LogP contribution in [0, 0.1) is 0 Å². The lowest BCUT2D eigenvalue weighted by atomic mass is 9.96. The fourth-order valence-corrected chi connectivity index (χ4v) is 3.21. The summed E-state index contributed by atoms with van der Waals surface area (Å²) in [7, 11) is 1.56. The van der Waals surface area contributed by atoms with Gasteiger partial charge in [0.1, 0.15) is 6.04 Å². The predicted molar refractivity (Wildman–Crippen MR) is 86.5 cm³/mol. The molecular formula is C14H16BrN3O4. The molecule has 8 heteroatoms. The lowest BCUT2D eigenvalue weighted by Gasteiger charge is -2.17. The summed E-state index contributed by atoms with van der Waals surface area (Å²) in [5.41, 5.74) is 1.03. The second-order valence-electron chi connectivity index (χ2n) is 4.88. The molecule has 0 amide bonds. The van der Waals surface area contributed by atoms with Crippen LogP contribution in [0.2, 0.25) is 0 Å². The van der Waals surface area contributed by atoms with Crippen LogP contribution in [0.4, 0.5) is 0 Å². The largest absolute Gasteiger partial charge is 0.480 e. The van der Waals surface area contributed by atoms with Gasteiger partial charge in [-0.1, -0.05) is 22.9 Å². The summed E-state index contributed by atoms with van der Waals surface area (Å²) >= 11 is 3.44. The second-order valence-corrected chi connectivity index (χ2v) is 5.74. The molecule has 0 saturated carbocycles. The molecule has 0 aliphatic heterocycles. The molecule has 1 atom stereocenters. The van der Waals surface area contributed by atoms with E-state index in [9.17, 15) is 19.5 Å². The van der Waals surface area contributed by atoms with Crippen LogP contribution >= 0.6 is 15.9 Å². The van der Waals surface area contributed by atoms with Gasteiger partial charge >= 0.3 is 17.1 Å². The molecule has 1 aromatic carbocycles. The zero-order valence-corrected chi connectivity index (χ0v) is 13.7. The van der Waals surface area contributed by atoms with Gasteiger partial charge in [-0.15, -0.1) is 0 Å². The highest BCUT2D eigenvalue weighted by atomic mass is 79.9. The van der Waals surface area contributed by atoms with Crippen molar-refractivity contribution in [3.8, 4) is 0 Å². The number of halogens is 1. The summed E-state index contributed by atoms with van der Waals surface area (Å²) in [4.78, 5) is 39.4. The van der Waals surface area contributed by atoms with Crippen LogP contribution in [0.25, 0.3) is 11.0 Å². The standard InChI is InChI=1S/C14H16BrN3O4/c1-3-6-7(4-10(16-2)14(21)22)11-9(5-8(6)15)17-12(19)13(20)18-11/h5,10,16H,3-4H2,1-2H3,(H,17,19)(H,18,20)(H,21,22). The summed E-state index contributed by atoms with van der Waals surface area (Å²) in [5.74, 6) is -0.982. The number of hydrogen-bond donors (Lipinski definition) is 4. The number of hydrogen-bond acceptors (Lipinski definition) is 4. The van der Waals surface area contributed by atoms with Gasteiger partial charge in [0.15, 0.2) is 0 Å². The summed E-state index contributed by atoms with van der Waals surface area (Å²) in [6, 6.07) is 0.919. The van der Waals surface area contributed by atoms with E-state index >= 15 is 0 Å². The van der Waals surface area contributed by atoms with Crippen molar-refractivity contribution in [1.29, 1.82) is 0 Å². The molecule has 1 heterocycles. The Morgan fingerprint density at radius 2 is 1.95 bits per heavy atom. The van der Waals surface area contributed by atoms with E-state index in [0.29, 0.717) is 23.0 Å². The molecule has 0 fully saturated rings. The summed E-state index contributed by atoms with van der Waals surface area (Å²) in [5, 5.41) is 12.0. The van der Waals surface area contributed by atoms with Crippen molar-refractivity contribution < 1.29 is 9.90 Å². The number of rotatable bonds is 5. The molecule has 0 radical (unpaired) electrons. The minimum absolute atomic E-state index is 0.187. The van der Waals surface area contributed by atoms with E-state index < -0.39 is 23.1 Å². The minimum Gasteiger partial charge on any atom is -0.480 e. The Bertz CT molecular complexity index is 840. The third-order valence-electron chi connectivity index (χ3n) is 3.60. The molecule has 2 aromatic rings. The quantitative estimate of drug-likeness (QED) is 0.580. The molecule has 7 nitrogen and oxygen atoms in total. The first kappa shape index (κ1) is 16.4. The second kappa shape index (κ2) is 6.45. The van der Waals surface area contributed by atoms with Crippen LogP contribution in [-0.2, 0) is 17.6 Å². The van der Waals surface area contributed by atoms with Crippen molar-refractivity contribution in [1.82, 2.24) is 15.3 Å². The van der Waals surface area contributed by atoms with Crippen LogP contribution in [-0.4, -0.2) is 34.1 Å². The highest BCUT2D eigenvalue weighted by molar-refractivity contribution is 9.10. The minimum atomic E-state index is -0.982. The van der Waals surface area contributed by atoms with E-state index in [-0.39, 0.29) is 6.42 Å². The molecule has 22 heavy (non-hydrogen) atoms. The number of carbonyl (C=O) groups is 1. The molecule has 0 saturated heterocycles. The van der Waals surface area contributed by atoms with Gasteiger partial charge in [0.25, 0.3) is 0 Å². The van der Waals surface area contributed by atoms with Crippen LogP contribution in [0.15, 0.2) is 20.1 Å². The SMILES string of the molecule is CCc1c(Br)cc2[nH]c(=O)c(=O)[nH]c2c1CC(NC)C(=O)O. The highest BCUT2D eigenvalue weighted by Crippen LogP contribution is 2.28. The van der Waals surface area contributed by atoms with Crippen LogP contribution in [0.1, 0.15) is 18.1 Å². The summed E-state index contributed by atoms with van der Waals surface area (Å²) in [6.07, 6.45) is 0.843. The Morgan fingerprint density at radius 3 is 2.50 bits per heavy atom. The molecule has 0 aliphatic carbocycles. The number of H-pyrrole nitrogens is 2. The monoisotopic (exact) mass is 369 g/mol. The average Bonchev–Trinajstić information content (AvgIpc) is 2.46. The van der Waals surface area contributed by atoms with E-state index in [1.54, 1.807) is 13.1 Å². The van der Waals surface area contributed by atoms with Gasteiger partial charge in [-0.25, -0.2) is 0 Å². The Hall–Kier alpha value is -1.93. The normalized spacial score (nSPS) is 12.5. The van der Waals surface area contributed by atoms with E-state index in [0.717, 1.165) is 10.0 Å². The number of aromatic amines is 2. The van der Waals surface area contributed by atoms with Crippen molar-refractivity contribution in [2.45, 2.75) is 25.8 Å². The summed E-state index contributed by atoms with van der Waals surface area (Å²) in [6.45, 7) is 1.94. The van der Waals surface area contributed by atoms with Crippen molar-refractivity contribution >= 4 is 32.9 Å². The maximum absolute atomic E-state index is 11.6. The first-order valence-corrected chi connectivity index (χ1v) is 7.55. The van der Waals surface area contributed by atoms with E-state index in [1.165, 1.54) is 0 Å². The van der Waals surface area contributed by atoms with Gasteiger partial charge in [-0.3, -0.25) is 14.4 Å². The fraction of sp³-hybridized carbons (Fsp3) is 0.357. The first-order valence-electron chi connectivity index (χ1n) is 6.75. The number of aliphatic carboxylic acids is 1. The van der Waals surface area contributed by atoms with Gasteiger partial charge in [0.05, 0.1) is 11.0 Å². The number of aromatic nitrogens is 2. The Balaban J connectivity index is 2.77. The summed E-state index contributed by atoms with van der Waals surface area (Å²) < 4.78 is 0.764. The van der Waals surface area contributed by atoms with Crippen molar-refractivity contribution in [3.63, 3.8) is 0 Å². The predicted octanol–water partition coefficient (Wildman–Crippen LogP) is 0.756. The van der Waals surface area contributed by atoms with Crippen molar-refractivity contribution in [2.75, 3.05) is 7.05 Å². The van der Waals surface area contributed by atoms with Gasteiger partial charge in [-0.05, 0) is 30.7 Å².